The van der Waals surface area contributed by atoms with Crippen molar-refractivity contribution in [1.82, 2.24) is 0 Å². The van der Waals surface area contributed by atoms with Crippen molar-refractivity contribution in [1.29, 1.82) is 0 Å². The van der Waals surface area contributed by atoms with Crippen LogP contribution in [0.1, 0.15) is 45.4 Å². The molecule has 0 aliphatic carbocycles. The van der Waals surface area contributed by atoms with Crippen LogP contribution in [0.15, 0.2) is 212 Å². The average molecular weight is 1000 g/mol. The molecule has 0 spiro atoms. The average Bonchev–Trinajstić information content (AvgIpc) is 3.46. The lowest BCUT2D eigenvalue weighted by atomic mass is 9.87. The van der Waals surface area contributed by atoms with Gasteiger partial charge in [-0.05, 0) is 38.9 Å². The van der Waals surface area contributed by atoms with E-state index in [0.717, 1.165) is 38.9 Å². The van der Waals surface area contributed by atoms with Gasteiger partial charge in [-0.2, -0.15) is 0 Å². The van der Waals surface area contributed by atoms with Gasteiger partial charge >= 0.3 is 0 Å². The molecule has 11 heteroatoms. The second-order valence-electron chi connectivity index (χ2n) is 18.8. The van der Waals surface area contributed by atoms with Gasteiger partial charge in [-0.25, -0.2) is 0 Å². The summed E-state index contributed by atoms with van der Waals surface area (Å²) in [5.41, 5.74) is 6.85. The Bertz CT molecular complexity index is 2600. The fraction of sp³-hybridized carbons (Fsp3) is 0.333. The number of methoxy groups -OCH3 is 1. The molecule has 0 amide bonds. The fourth-order valence-electron chi connectivity index (χ4n) is 9.63. The van der Waals surface area contributed by atoms with Gasteiger partial charge in [0.25, 0.3) is 0 Å². The molecule has 0 bridgehead atoms. The number of aliphatic hydroxyl groups excluding tert-OH is 1. The summed E-state index contributed by atoms with van der Waals surface area (Å²) in [4.78, 5) is 0. The lowest BCUT2D eigenvalue weighted by Crippen LogP contribution is -2.65. The molecule has 0 aromatic heterocycles. The van der Waals surface area contributed by atoms with E-state index in [0.29, 0.717) is 6.61 Å². The van der Waals surface area contributed by atoms with Crippen LogP contribution in [-0.4, -0.2) is 86.2 Å². The minimum absolute atomic E-state index is 0.0321. The van der Waals surface area contributed by atoms with Crippen LogP contribution in [0.25, 0.3) is 0 Å². The maximum Gasteiger partial charge on any atom is 0.186 e. The van der Waals surface area contributed by atoms with Crippen molar-refractivity contribution in [3.8, 4) is 0 Å². The van der Waals surface area contributed by atoms with E-state index < -0.39 is 67.3 Å². The Labute approximate surface area is 435 Å². The lowest BCUT2D eigenvalue weighted by Gasteiger charge is -2.49. The number of benzene rings is 7. The van der Waals surface area contributed by atoms with Gasteiger partial charge in [0.1, 0.15) is 48.8 Å². The van der Waals surface area contributed by atoms with Gasteiger partial charge in [-0.15, -0.1) is 0 Å². The third-order valence-electron chi connectivity index (χ3n) is 13.5. The molecular formula is C63H68O11. The van der Waals surface area contributed by atoms with Crippen LogP contribution >= 0.6 is 0 Å². The largest absolute Gasteiger partial charge is 0.390 e. The first-order chi connectivity index (χ1) is 36.6. The van der Waals surface area contributed by atoms with E-state index in [2.05, 4.69) is 0 Å². The van der Waals surface area contributed by atoms with Gasteiger partial charge in [-0.1, -0.05) is 212 Å². The first-order valence-corrected chi connectivity index (χ1v) is 25.6. The van der Waals surface area contributed by atoms with E-state index in [4.69, 9.17) is 47.4 Å². The third kappa shape index (κ3) is 15.1. The molecule has 74 heavy (non-hydrogen) atoms. The zero-order valence-corrected chi connectivity index (χ0v) is 42.0. The van der Waals surface area contributed by atoms with Crippen LogP contribution in [-0.2, 0) is 93.6 Å². The number of hydrogen-bond acceptors (Lipinski definition) is 11. The summed E-state index contributed by atoms with van der Waals surface area (Å²) < 4.78 is 68.3. The second kappa shape index (κ2) is 28.1. The highest BCUT2D eigenvalue weighted by atomic mass is 16.7. The zero-order valence-electron chi connectivity index (χ0n) is 42.0. The Morgan fingerprint density at radius 2 is 0.649 bits per heavy atom. The predicted molar refractivity (Wildman–Crippen MR) is 281 cm³/mol. The molecule has 2 aliphatic heterocycles. The van der Waals surface area contributed by atoms with E-state index in [1.807, 2.05) is 212 Å². The highest BCUT2D eigenvalue weighted by Gasteiger charge is 2.54. The Kier molecular flexibility index (Phi) is 20.1. The summed E-state index contributed by atoms with van der Waals surface area (Å²) in [6, 6.07) is 70.0. The predicted octanol–water partition coefficient (Wildman–Crippen LogP) is 10.6. The highest BCUT2D eigenvalue weighted by Crippen LogP contribution is 2.37. The van der Waals surface area contributed by atoms with Gasteiger partial charge in [0.2, 0.25) is 0 Å². The first-order valence-electron chi connectivity index (χ1n) is 25.6. The molecule has 7 aromatic rings. The standard InChI is InChI=1S/C63H68O11/c1-65-63-62(72-44-52-35-21-8-22-36-52)61(71-43-51-33-19-7-20-34-51)57(67-39-47-25-11-3-12-26-47)54(74-63)37-53(64)56-59(69-41-49-29-15-5-16-30-49)60(70-42-50-31-17-6-18-32-50)58(68-40-48-27-13-4-14-28-48)55(73-56)45-66-38-46-23-9-2-10-24-46/h2-36,53-64H,37-45H2,1H3/t53?,54-,55-,56-,57-,58-,59-,60+,61+,62-,63+/m1/s1. The van der Waals surface area contributed by atoms with Crippen molar-refractivity contribution in [3.63, 3.8) is 0 Å². The van der Waals surface area contributed by atoms with Crippen LogP contribution in [0.4, 0.5) is 0 Å². The molecule has 2 aliphatic rings. The summed E-state index contributed by atoms with van der Waals surface area (Å²) in [7, 11) is 1.60. The Hall–Kier alpha value is -5.90. The van der Waals surface area contributed by atoms with Crippen molar-refractivity contribution in [2.45, 2.75) is 120 Å². The smallest absolute Gasteiger partial charge is 0.186 e. The summed E-state index contributed by atoms with van der Waals surface area (Å²) in [5, 5.41) is 13.1. The quantitative estimate of drug-likeness (QED) is 0.0560. The molecule has 11 nitrogen and oxygen atoms in total. The van der Waals surface area contributed by atoms with E-state index in [1.165, 1.54) is 0 Å². The summed E-state index contributed by atoms with van der Waals surface area (Å²) in [6.07, 6.45) is -9.05. The molecule has 0 saturated carbocycles. The lowest BCUT2D eigenvalue weighted by molar-refractivity contribution is -0.326. The van der Waals surface area contributed by atoms with Crippen LogP contribution in [0.5, 0.6) is 0 Å². The van der Waals surface area contributed by atoms with Crippen molar-refractivity contribution >= 4 is 0 Å². The maximum absolute atomic E-state index is 13.1. The van der Waals surface area contributed by atoms with Crippen LogP contribution in [0.3, 0.4) is 0 Å². The van der Waals surface area contributed by atoms with E-state index in [-0.39, 0.29) is 52.7 Å². The second-order valence-corrected chi connectivity index (χ2v) is 18.8. The molecule has 11 atom stereocenters. The molecule has 1 N–H and O–H groups in total. The highest BCUT2D eigenvalue weighted by molar-refractivity contribution is 5.19. The first kappa shape index (κ1) is 52.9. The summed E-state index contributed by atoms with van der Waals surface area (Å²) >= 11 is 0. The molecule has 1 unspecified atom stereocenters. The van der Waals surface area contributed by atoms with Gasteiger partial charge < -0.3 is 52.5 Å². The maximum atomic E-state index is 13.1. The zero-order chi connectivity index (χ0) is 50.6. The number of ether oxygens (including phenoxy) is 10. The van der Waals surface area contributed by atoms with E-state index in [1.54, 1.807) is 7.11 Å². The molecule has 9 rings (SSSR count). The van der Waals surface area contributed by atoms with Crippen LogP contribution in [0.2, 0.25) is 0 Å². The van der Waals surface area contributed by atoms with Crippen LogP contribution in [0, 0.1) is 0 Å². The van der Waals surface area contributed by atoms with Crippen molar-refractivity contribution < 1.29 is 52.5 Å². The SMILES string of the molecule is CO[C@H]1O[C@H](CC(O)[C@H]2O[C@H](COCc3ccccc3)[C@@H](OCc3ccccc3)[C@H](OCc3ccccc3)[C@@H]2OCc2ccccc2)[C@@H](OCc2ccccc2)[C@H](OCc2ccccc2)[C@H]1OCc1ccccc1. The topological polar surface area (TPSA) is 113 Å². The molecule has 2 heterocycles. The molecule has 2 fully saturated rings. The van der Waals surface area contributed by atoms with Gasteiger partial charge in [0.05, 0.1) is 65.1 Å². The monoisotopic (exact) mass is 1000 g/mol. The number of aliphatic hydroxyl groups is 1. The minimum Gasteiger partial charge on any atom is -0.390 e. The van der Waals surface area contributed by atoms with Crippen molar-refractivity contribution in [2.75, 3.05) is 13.7 Å². The van der Waals surface area contributed by atoms with Crippen molar-refractivity contribution in [2.24, 2.45) is 0 Å². The number of hydrogen-bond donors (Lipinski definition) is 1. The van der Waals surface area contributed by atoms with E-state index in [9.17, 15) is 5.11 Å². The van der Waals surface area contributed by atoms with Gasteiger partial charge in [-0.3, -0.25) is 0 Å². The normalized spacial score (nSPS) is 24.3. The van der Waals surface area contributed by atoms with Crippen molar-refractivity contribution in [3.05, 3.63) is 251 Å². The fourth-order valence-corrected chi connectivity index (χ4v) is 9.63. The Morgan fingerprint density at radius 1 is 0.351 bits per heavy atom. The van der Waals surface area contributed by atoms with E-state index >= 15 is 0 Å². The Balaban J connectivity index is 1.07. The summed E-state index contributed by atoms with van der Waals surface area (Å²) in [6.45, 7) is 2.02. The third-order valence-corrected chi connectivity index (χ3v) is 13.5. The molecule has 0 radical (unpaired) electrons. The van der Waals surface area contributed by atoms with Crippen LogP contribution < -0.4 is 0 Å². The molecular weight excluding hydrogens is 933 g/mol. The molecule has 386 valence electrons. The van der Waals surface area contributed by atoms with Gasteiger partial charge in [0, 0.05) is 13.5 Å². The van der Waals surface area contributed by atoms with Gasteiger partial charge in [0.15, 0.2) is 6.29 Å². The number of rotatable bonds is 26. The Morgan fingerprint density at radius 3 is 1.01 bits per heavy atom. The molecule has 7 aromatic carbocycles. The summed E-state index contributed by atoms with van der Waals surface area (Å²) in [5.74, 6) is 0. The molecule has 2 saturated heterocycles. The minimum atomic E-state index is -1.22.